The van der Waals surface area contributed by atoms with Gasteiger partial charge in [-0.05, 0) is 51.3 Å². The average Bonchev–Trinajstić information content (AvgIpc) is 2.76. The number of hydrogen-bond donors (Lipinski definition) is 0. The number of hydrogen-bond acceptors (Lipinski definition) is 0. The van der Waals surface area contributed by atoms with Gasteiger partial charge in [0.05, 0.1) is 0 Å². The van der Waals surface area contributed by atoms with E-state index < -0.39 is 0 Å². The van der Waals surface area contributed by atoms with E-state index in [0.717, 1.165) is 0 Å². The van der Waals surface area contributed by atoms with E-state index in [4.69, 9.17) is 0 Å². The Hall–Kier alpha value is -3.12. The summed E-state index contributed by atoms with van der Waals surface area (Å²) >= 11 is 0. The lowest BCUT2D eigenvalue weighted by molar-refractivity contribution is 0.691. The summed E-state index contributed by atoms with van der Waals surface area (Å²) in [6.07, 6.45) is 0. The Morgan fingerprint density at radius 1 is 0.367 bits per heavy atom. The minimum atomic E-state index is -0.144. The monoisotopic (exact) mass is 392 g/mol. The molecule has 4 rings (SSSR count). The lowest BCUT2D eigenvalue weighted by atomic mass is 9.71. The van der Waals surface area contributed by atoms with Crippen LogP contribution in [-0.2, 0) is 5.41 Å². The van der Waals surface area contributed by atoms with Gasteiger partial charge in [0.25, 0.3) is 0 Å². The van der Waals surface area contributed by atoms with E-state index in [0.29, 0.717) is 0 Å². The Kier molecular flexibility index (Phi) is 6.90. The van der Waals surface area contributed by atoms with Crippen molar-refractivity contribution < 1.29 is 0 Å². The highest BCUT2D eigenvalue weighted by atomic mass is 14.3. The van der Waals surface area contributed by atoms with Gasteiger partial charge in [0.15, 0.2) is 0 Å². The molecule has 0 fully saturated rings. The van der Waals surface area contributed by atoms with Gasteiger partial charge in [0.1, 0.15) is 0 Å². The highest BCUT2D eigenvalue weighted by molar-refractivity contribution is 5.50. The van der Waals surface area contributed by atoms with Crippen LogP contribution in [0.15, 0.2) is 103 Å². The molecular formula is C30H32. The predicted octanol–water partition coefficient (Wildman–Crippen LogP) is 7.96. The smallest absolute Gasteiger partial charge is 0.0423 e. The van der Waals surface area contributed by atoms with Crippen molar-refractivity contribution in [2.75, 3.05) is 0 Å². The number of benzene rings is 4. The molecule has 4 aromatic rings. The van der Waals surface area contributed by atoms with Gasteiger partial charge in [-0.15, -0.1) is 0 Å². The fourth-order valence-electron chi connectivity index (χ4n) is 3.70. The van der Waals surface area contributed by atoms with E-state index in [-0.39, 0.29) is 5.41 Å². The average molecular weight is 393 g/mol. The topological polar surface area (TPSA) is 0 Å². The van der Waals surface area contributed by atoms with Crippen LogP contribution in [0.4, 0.5) is 0 Å². The molecule has 0 aromatic heterocycles. The molecule has 0 nitrogen and oxygen atoms in total. The van der Waals surface area contributed by atoms with E-state index in [2.05, 4.69) is 120 Å². The first kappa shape index (κ1) is 21.6. The molecule has 152 valence electrons. The van der Waals surface area contributed by atoms with E-state index in [1.54, 1.807) is 0 Å². The molecule has 0 spiro atoms. The summed E-state index contributed by atoms with van der Waals surface area (Å²) in [4.78, 5) is 0. The Bertz CT molecular complexity index is 927. The van der Waals surface area contributed by atoms with Gasteiger partial charge in [-0.1, -0.05) is 125 Å². The molecule has 0 aliphatic rings. The van der Waals surface area contributed by atoms with Crippen LogP contribution in [0.25, 0.3) is 0 Å². The van der Waals surface area contributed by atoms with Crippen molar-refractivity contribution in [2.24, 2.45) is 0 Å². The molecule has 0 heteroatoms. The van der Waals surface area contributed by atoms with Gasteiger partial charge in [-0.2, -0.15) is 0 Å². The molecule has 0 amide bonds. The highest BCUT2D eigenvalue weighted by Crippen LogP contribution is 2.39. The first-order chi connectivity index (χ1) is 14.4. The highest BCUT2D eigenvalue weighted by Gasteiger charge is 2.30. The Balaban J connectivity index is 0.000000310. The molecule has 0 unspecified atom stereocenters. The molecule has 0 atom stereocenters. The quantitative estimate of drug-likeness (QED) is 0.310. The molecule has 0 aliphatic carbocycles. The zero-order valence-electron chi connectivity index (χ0n) is 18.8. The van der Waals surface area contributed by atoms with Crippen molar-refractivity contribution in [3.63, 3.8) is 0 Å². The van der Waals surface area contributed by atoms with Crippen LogP contribution in [-0.4, -0.2) is 0 Å². The van der Waals surface area contributed by atoms with Gasteiger partial charge in [-0.3, -0.25) is 0 Å². The fourth-order valence-corrected chi connectivity index (χ4v) is 3.70. The molecule has 30 heavy (non-hydrogen) atoms. The van der Waals surface area contributed by atoms with Gasteiger partial charge in [-0.25, -0.2) is 0 Å². The van der Waals surface area contributed by atoms with E-state index in [1.165, 1.54) is 38.9 Å². The Morgan fingerprint density at radius 2 is 0.633 bits per heavy atom. The van der Waals surface area contributed by atoms with E-state index in [1.807, 2.05) is 18.2 Å². The molecular weight excluding hydrogens is 360 g/mol. The Labute approximate surface area is 182 Å². The number of rotatable bonds is 3. The van der Waals surface area contributed by atoms with Crippen LogP contribution in [0.5, 0.6) is 0 Å². The van der Waals surface area contributed by atoms with Crippen molar-refractivity contribution >= 4 is 0 Å². The van der Waals surface area contributed by atoms with Crippen LogP contribution in [0, 0.1) is 27.7 Å². The molecule has 4 aromatic carbocycles. The lowest BCUT2D eigenvalue weighted by Crippen LogP contribution is -2.25. The molecule has 0 bridgehead atoms. The first-order valence-electron chi connectivity index (χ1n) is 10.6. The molecule has 0 heterocycles. The van der Waals surface area contributed by atoms with Gasteiger partial charge >= 0.3 is 0 Å². The van der Waals surface area contributed by atoms with Crippen LogP contribution < -0.4 is 0 Å². The molecule has 0 N–H and O–H groups in total. The minimum absolute atomic E-state index is 0.144. The summed E-state index contributed by atoms with van der Waals surface area (Å²) < 4.78 is 0. The minimum Gasteiger partial charge on any atom is -0.0622 e. The molecule has 0 aliphatic heterocycles. The summed E-state index contributed by atoms with van der Waals surface area (Å²) in [6, 6.07) is 37.0. The van der Waals surface area contributed by atoms with Crippen LogP contribution in [0.3, 0.4) is 0 Å². The second-order valence-corrected chi connectivity index (χ2v) is 8.38. The SMILES string of the molecule is Cc1ccc(C(C)(c2ccc(C)cc2)c2ccc(C)cc2)cc1.Cc1ccccc1. The van der Waals surface area contributed by atoms with Crippen molar-refractivity contribution in [1.82, 2.24) is 0 Å². The van der Waals surface area contributed by atoms with Gasteiger partial charge < -0.3 is 0 Å². The number of aryl methyl sites for hydroxylation is 4. The predicted molar refractivity (Wildman–Crippen MR) is 130 cm³/mol. The molecule has 0 radical (unpaired) electrons. The van der Waals surface area contributed by atoms with Crippen LogP contribution in [0.1, 0.15) is 45.9 Å². The third kappa shape index (κ3) is 5.07. The van der Waals surface area contributed by atoms with Gasteiger partial charge in [0, 0.05) is 5.41 Å². The van der Waals surface area contributed by atoms with Crippen molar-refractivity contribution in [2.45, 2.75) is 40.0 Å². The maximum absolute atomic E-state index is 2.33. The van der Waals surface area contributed by atoms with E-state index >= 15 is 0 Å². The third-order valence-corrected chi connectivity index (χ3v) is 5.83. The fraction of sp³-hybridized carbons (Fsp3) is 0.200. The Morgan fingerprint density at radius 3 is 0.867 bits per heavy atom. The van der Waals surface area contributed by atoms with Crippen molar-refractivity contribution in [3.05, 3.63) is 142 Å². The van der Waals surface area contributed by atoms with Gasteiger partial charge in [0.2, 0.25) is 0 Å². The summed E-state index contributed by atoms with van der Waals surface area (Å²) in [7, 11) is 0. The second kappa shape index (κ2) is 9.59. The standard InChI is InChI=1S/C23H24.C7H8/c1-17-5-11-20(12-6-17)23(4,21-13-7-18(2)8-14-21)22-15-9-19(3)10-16-22;1-7-5-3-2-4-6-7/h5-16H,1-4H3;2-6H,1H3. The first-order valence-corrected chi connectivity index (χ1v) is 10.6. The molecule has 0 saturated carbocycles. The van der Waals surface area contributed by atoms with Crippen LogP contribution in [0.2, 0.25) is 0 Å². The third-order valence-electron chi connectivity index (χ3n) is 5.83. The zero-order valence-corrected chi connectivity index (χ0v) is 18.8. The maximum atomic E-state index is 2.33. The summed E-state index contributed by atoms with van der Waals surface area (Å²) in [6.45, 7) is 10.8. The summed E-state index contributed by atoms with van der Waals surface area (Å²) in [5.74, 6) is 0. The van der Waals surface area contributed by atoms with Crippen molar-refractivity contribution in [3.8, 4) is 0 Å². The lowest BCUT2D eigenvalue weighted by Gasteiger charge is -2.32. The summed E-state index contributed by atoms with van der Waals surface area (Å²) in [5, 5.41) is 0. The zero-order chi connectivity index (χ0) is 21.6. The van der Waals surface area contributed by atoms with Crippen molar-refractivity contribution in [1.29, 1.82) is 0 Å². The molecule has 0 saturated heterocycles. The maximum Gasteiger partial charge on any atom is 0.0423 e. The van der Waals surface area contributed by atoms with E-state index in [9.17, 15) is 0 Å². The normalized spacial score (nSPS) is 10.8. The largest absolute Gasteiger partial charge is 0.0622 e. The second-order valence-electron chi connectivity index (χ2n) is 8.38. The van der Waals surface area contributed by atoms with Crippen LogP contribution >= 0.6 is 0 Å². The summed E-state index contributed by atoms with van der Waals surface area (Å²) in [5.41, 5.74) is 9.05.